The second kappa shape index (κ2) is 17.2. The molecule has 2 fully saturated rings. The van der Waals surface area contributed by atoms with Gasteiger partial charge in [-0.1, -0.05) is 32.4 Å². The Hall–Kier alpha value is -3.19. The lowest BCUT2D eigenvalue weighted by molar-refractivity contribution is -0.136. The zero-order valence-electron chi connectivity index (χ0n) is 25.0. The molecule has 0 saturated carbocycles. The molecule has 238 valence electrons. The number of carbonyl (C=O) groups is 5. The van der Waals surface area contributed by atoms with E-state index < -0.39 is 35.8 Å². The van der Waals surface area contributed by atoms with E-state index in [9.17, 15) is 28.4 Å². The van der Waals surface area contributed by atoms with Crippen molar-refractivity contribution in [3.05, 3.63) is 35.6 Å². The highest BCUT2D eigenvalue weighted by Crippen LogP contribution is 2.33. The molecule has 13 heteroatoms. The topological polar surface area (TPSA) is 155 Å². The maximum Gasteiger partial charge on any atom is 0.315 e. The molecule has 1 unspecified atom stereocenters. The lowest BCUT2D eigenvalue weighted by Crippen LogP contribution is -2.53. The number of hydrogen-bond donors (Lipinski definition) is 5. The molecule has 1 aromatic rings. The van der Waals surface area contributed by atoms with Gasteiger partial charge in [0.2, 0.25) is 11.8 Å². The summed E-state index contributed by atoms with van der Waals surface area (Å²) in [5.41, 5.74) is 0.446. The molecule has 0 bridgehead atoms. The number of benzene rings is 1. The number of nitrogens with one attached hydrogen (secondary N) is 5. The predicted octanol–water partition coefficient (Wildman–Crippen LogP) is 2.35. The molecule has 0 radical (unpaired) electrons. The highest BCUT2D eigenvalue weighted by molar-refractivity contribution is 8.00. The molecule has 1 aromatic carbocycles. The summed E-state index contributed by atoms with van der Waals surface area (Å²) in [6.07, 6.45) is 4.40. The van der Waals surface area contributed by atoms with Crippen molar-refractivity contribution in [1.82, 2.24) is 26.6 Å². The van der Waals surface area contributed by atoms with Crippen molar-refractivity contribution in [2.75, 3.05) is 19.4 Å². The van der Waals surface area contributed by atoms with Crippen LogP contribution in [0.1, 0.15) is 70.5 Å². The minimum Gasteiger partial charge on any atom is -0.367 e. The average Bonchev–Trinajstić information content (AvgIpc) is 3.53. The number of methoxy groups -OCH3 is 1. The van der Waals surface area contributed by atoms with Crippen molar-refractivity contribution in [3.63, 3.8) is 0 Å². The van der Waals surface area contributed by atoms with Crippen LogP contribution in [0.5, 0.6) is 0 Å². The highest BCUT2D eigenvalue weighted by Gasteiger charge is 2.42. The van der Waals surface area contributed by atoms with Gasteiger partial charge in [-0.05, 0) is 55.7 Å². The van der Waals surface area contributed by atoms with Gasteiger partial charge >= 0.3 is 6.03 Å². The zero-order valence-corrected chi connectivity index (χ0v) is 25.8. The maximum absolute atomic E-state index is 13.3. The summed E-state index contributed by atoms with van der Waals surface area (Å²) < 4.78 is 18.6. The molecular formula is C30H44FN5O6S. The van der Waals surface area contributed by atoms with E-state index in [0.717, 1.165) is 25.0 Å². The third-order valence-electron chi connectivity index (χ3n) is 7.73. The van der Waals surface area contributed by atoms with Gasteiger partial charge < -0.3 is 36.1 Å². The molecule has 2 heterocycles. The third-order valence-corrected chi connectivity index (χ3v) is 9.24. The molecule has 5 amide bonds. The molecule has 0 aromatic heterocycles. The predicted molar refractivity (Wildman–Crippen MR) is 162 cm³/mol. The Kier molecular flexibility index (Phi) is 13.7. The van der Waals surface area contributed by atoms with Crippen molar-refractivity contribution in [1.29, 1.82) is 0 Å². The van der Waals surface area contributed by atoms with Crippen LogP contribution < -0.4 is 26.6 Å². The van der Waals surface area contributed by atoms with Crippen LogP contribution in [0, 0.1) is 11.7 Å². The van der Waals surface area contributed by atoms with Gasteiger partial charge in [0.15, 0.2) is 6.10 Å². The fourth-order valence-electron chi connectivity index (χ4n) is 5.32. The number of ether oxygens (including phenoxy) is 1. The van der Waals surface area contributed by atoms with E-state index in [1.807, 2.05) is 11.8 Å². The van der Waals surface area contributed by atoms with Crippen molar-refractivity contribution in [2.45, 2.75) is 94.3 Å². The van der Waals surface area contributed by atoms with Crippen molar-refractivity contribution >= 4 is 41.8 Å². The lowest BCUT2D eigenvalue weighted by Gasteiger charge is -2.25. The number of carbonyl (C=O) groups excluding carboxylic acids is 5. The summed E-state index contributed by atoms with van der Waals surface area (Å²) >= 11 is 1.87. The Bertz CT molecular complexity index is 1110. The Morgan fingerprint density at radius 1 is 1.07 bits per heavy atom. The van der Waals surface area contributed by atoms with Gasteiger partial charge in [-0.15, -0.1) is 0 Å². The van der Waals surface area contributed by atoms with Gasteiger partial charge in [0.25, 0.3) is 5.91 Å². The number of amides is 5. The first kappa shape index (κ1) is 34.3. The van der Waals surface area contributed by atoms with Crippen LogP contribution in [0.15, 0.2) is 24.3 Å². The normalized spacial score (nSPS) is 21.2. The molecule has 6 atom stereocenters. The molecule has 3 rings (SSSR count). The van der Waals surface area contributed by atoms with Crippen molar-refractivity contribution in [2.24, 2.45) is 5.92 Å². The number of aldehydes is 1. The molecule has 11 nitrogen and oxygen atoms in total. The first-order valence-electron chi connectivity index (χ1n) is 14.9. The number of halogens is 1. The first-order chi connectivity index (χ1) is 20.6. The maximum atomic E-state index is 13.3. The second-order valence-corrected chi connectivity index (χ2v) is 12.6. The number of rotatable bonds is 18. The summed E-state index contributed by atoms with van der Waals surface area (Å²) in [6, 6.07) is 3.99. The summed E-state index contributed by atoms with van der Waals surface area (Å²) in [4.78, 5) is 61.2. The van der Waals surface area contributed by atoms with Crippen LogP contribution in [0.3, 0.4) is 0 Å². The smallest absolute Gasteiger partial charge is 0.315 e. The number of unbranched alkanes of at least 4 members (excludes halogenated alkanes) is 2. The highest BCUT2D eigenvalue weighted by atomic mass is 32.2. The summed E-state index contributed by atoms with van der Waals surface area (Å²) in [6.45, 7) is 4.03. The van der Waals surface area contributed by atoms with E-state index in [1.165, 1.54) is 31.4 Å². The van der Waals surface area contributed by atoms with Crippen molar-refractivity contribution in [3.8, 4) is 0 Å². The fraction of sp³-hybridized carbons (Fsp3) is 0.633. The largest absolute Gasteiger partial charge is 0.367 e. The van der Waals surface area contributed by atoms with Crippen LogP contribution in [-0.2, 0) is 23.9 Å². The summed E-state index contributed by atoms with van der Waals surface area (Å²) in [7, 11) is 1.35. The minimum absolute atomic E-state index is 0.0152. The minimum atomic E-state index is -1.03. The van der Waals surface area contributed by atoms with E-state index in [1.54, 1.807) is 13.8 Å². The average molecular weight is 622 g/mol. The Balaban J connectivity index is 1.31. The van der Waals surface area contributed by atoms with Crippen molar-refractivity contribution < 1.29 is 33.1 Å². The molecule has 2 saturated heterocycles. The Morgan fingerprint density at radius 2 is 1.81 bits per heavy atom. The van der Waals surface area contributed by atoms with Crippen LogP contribution in [0.4, 0.5) is 9.18 Å². The number of hydrogen-bond acceptors (Lipinski definition) is 7. The van der Waals surface area contributed by atoms with Gasteiger partial charge in [-0.3, -0.25) is 14.4 Å². The van der Waals surface area contributed by atoms with Crippen LogP contribution in [0.25, 0.3) is 0 Å². The standard InChI is InChI=1S/C30H44FN5O6S/c1-18(2)25(35-29(40)27(42-3)19-11-13-20(31)14-12-19)28(39)33-21(16-37)8-6-7-15-32-24(38)10-5-4-9-23-26-22(17-43-23)34-30(41)36-26/h11-14,16,18,21-23,25-27H,4-10,15,17H2,1-3H3,(H,32,38)(H,33,39)(H,35,40)(H2,34,36,41)/t21-,22-,23-,25-,26-,27?/m0/s1. The molecule has 5 N–H and O–H groups in total. The molecular weight excluding hydrogens is 577 g/mol. The third kappa shape index (κ3) is 10.5. The number of thioether (sulfide) groups is 1. The zero-order chi connectivity index (χ0) is 31.4. The fourth-order valence-corrected chi connectivity index (χ4v) is 6.87. The van der Waals surface area contributed by atoms with E-state index >= 15 is 0 Å². The van der Waals surface area contributed by atoms with Gasteiger partial charge in [0.1, 0.15) is 18.1 Å². The van der Waals surface area contributed by atoms with Crippen LogP contribution in [0.2, 0.25) is 0 Å². The first-order valence-corrected chi connectivity index (χ1v) is 16.0. The van der Waals surface area contributed by atoms with E-state index in [2.05, 4.69) is 26.6 Å². The van der Waals surface area contributed by atoms with Crippen LogP contribution in [-0.4, -0.2) is 78.9 Å². The molecule has 2 aliphatic rings. The molecule has 0 aliphatic carbocycles. The quantitative estimate of drug-likeness (QED) is 0.0958. The van der Waals surface area contributed by atoms with Gasteiger partial charge in [-0.2, -0.15) is 11.8 Å². The monoisotopic (exact) mass is 621 g/mol. The van der Waals surface area contributed by atoms with Gasteiger partial charge in [-0.25, -0.2) is 9.18 Å². The summed E-state index contributed by atoms with van der Waals surface area (Å²) in [5, 5.41) is 14.6. The number of urea groups is 1. The Labute approximate surface area is 256 Å². The Morgan fingerprint density at radius 3 is 2.49 bits per heavy atom. The van der Waals surface area contributed by atoms with E-state index in [0.29, 0.717) is 49.3 Å². The van der Waals surface area contributed by atoms with E-state index in [4.69, 9.17) is 4.74 Å². The molecule has 0 spiro atoms. The molecule has 2 aliphatic heterocycles. The number of fused-ring (bicyclic) bond motifs is 1. The van der Waals surface area contributed by atoms with Gasteiger partial charge in [0.05, 0.1) is 18.1 Å². The second-order valence-electron chi connectivity index (χ2n) is 11.4. The SMILES string of the molecule is COC(C(=O)N[C@H](C(=O)N[C@H](C=O)CCCCNC(=O)CCCC[C@@H]1SC[C@@H]2NC(=O)N[C@@H]21)C(C)C)c1ccc(F)cc1. The lowest BCUT2D eigenvalue weighted by atomic mass is 10.0. The van der Waals surface area contributed by atoms with Gasteiger partial charge in [0, 0.05) is 31.1 Å². The van der Waals surface area contributed by atoms with E-state index in [-0.39, 0.29) is 29.9 Å². The van der Waals surface area contributed by atoms with Crippen LogP contribution >= 0.6 is 11.8 Å². The summed E-state index contributed by atoms with van der Waals surface area (Å²) in [5.74, 6) is -0.840. The molecule has 43 heavy (non-hydrogen) atoms.